The number of nitrogens with one attached hydrogen (secondary N) is 1. The van der Waals surface area contributed by atoms with E-state index >= 15 is 0 Å². The van der Waals surface area contributed by atoms with Crippen molar-refractivity contribution in [2.75, 3.05) is 31.1 Å². The number of H-pyrrole nitrogens is 1. The fraction of sp³-hybridized carbons (Fsp3) is 0.375. The summed E-state index contributed by atoms with van der Waals surface area (Å²) in [6.07, 6.45) is 6.98. The number of aromatic amines is 1. The lowest BCUT2D eigenvalue weighted by Gasteiger charge is -2.31. The molecule has 5 rings (SSSR count). The van der Waals surface area contributed by atoms with Gasteiger partial charge in [-0.2, -0.15) is 5.10 Å². The third kappa shape index (κ3) is 4.36. The van der Waals surface area contributed by atoms with Crippen molar-refractivity contribution in [3.8, 4) is 0 Å². The zero-order chi connectivity index (χ0) is 22.6. The van der Waals surface area contributed by atoms with Gasteiger partial charge in [-0.05, 0) is 24.5 Å². The van der Waals surface area contributed by atoms with Crippen molar-refractivity contribution in [2.45, 2.75) is 32.4 Å². The molecule has 0 amide bonds. The van der Waals surface area contributed by atoms with Crippen molar-refractivity contribution >= 4 is 17.0 Å². The summed E-state index contributed by atoms with van der Waals surface area (Å²) in [6.45, 7) is 6.14. The molecule has 4 aromatic rings. The number of nitrogens with zero attached hydrogens (tertiary/aromatic N) is 7. The first-order valence-corrected chi connectivity index (χ1v) is 11.5. The summed E-state index contributed by atoms with van der Waals surface area (Å²) in [4.78, 5) is 31.9. The number of fused-ring (bicyclic) bond motifs is 1. The number of hydrogen-bond donors (Lipinski definition) is 1. The van der Waals surface area contributed by atoms with Gasteiger partial charge in [-0.3, -0.25) is 19.4 Å². The second-order valence-corrected chi connectivity index (χ2v) is 8.33. The summed E-state index contributed by atoms with van der Waals surface area (Å²) < 4.78 is 1.82. The first kappa shape index (κ1) is 21.3. The molecule has 1 atom stereocenters. The SMILES string of the molecule is CCC(c1nc2[nH]ncc2c(=O)n1Cc1ccccc1)N1CCCN(c2ncccn2)CC1. The lowest BCUT2D eigenvalue weighted by Crippen LogP contribution is -2.37. The Labute approximate surface area is 192 Å². The minimum atomic E-state index is -0.0554. The van der Waals surface area contributed by atoms with E-state index in [1.165, 1.54) is 0 Å². The van der Waals surface area contributed by atoms with E-state index in [1.54, 1.807) is 18.6 Å². The first-order valence-electron chi connectivity index (χ1n) is 11.5. The van der Waals surface area contributed by atoms with E-state index in [0.717, 1.165) is 56.4 Å². The fourth-order valence-electron chi connectivity index (χ4n) is 4.63. The number of aromatic nitrogens is 6. The quantitative estimate of drug-likeness (QED) is 0.488. The number of rotatable bonds is 6. The Morgan fingerprint density at radius 2 is 1.85 bits per heavy atom. The van der Waals surface area contributed by atoms with E-state index in [4.69, 9.17) is 4.98 Å². The van der Waals surface area contributed by atoms with E-state index < -0.39 is 0 Å². The summed E-state index contributed by atoms with van der Waals surface area (Å²) in [7, 11) is 0. The van der Waals surface area contributed by atoms with Crippen LogP contribution in [-0.4, -0.2) is 60.8 Å². The van der Waals surface area contributed by atoms with Gasteiger partial charge in [0, 0.05) is 38.6 Å². The smallest absolute Gasteiger partial charge is 0.265 e. The summed E-state index contributed by atoms with van der Waals surface area (Å²) in [5, 5.41) is 7.49. The van der Waals surface area contributed by atoms with Crippen LogP contribution in [0.15, 0.2) is 59.8 Å². The third-order valence-electron chi connectivity index (χ3n) is 6.27. The molecule has 1 N–H and O–H groups in total. The zero-order valence-electron chi connectivity index (χ0n) is 18.8. The number of benzene rings is 1. The maximum atomic E-state index is 13.4. The van der Waals surface area contributed by atoms with Crippen molar-refractivity contribution < 1.29 is 0 Å². The predicted molar refractivity (Wildman–Crippen MR) is 127 cm³/mol. The Morgan fingerprint density at radius 3 is 2.64 bits per heavy atom. The molecule has 9 heteroatoms. The second kappa shape index (κ2) is 9.50. The molecular formula is C24H28N8O. The molecule has 3 aromatic heterocycles. The van der Waals surface area contributed by atoms with Crippen LogP contribution in [0.1, 0.15) is 37.2 Å². The predicted octanol–water partition coefficient (Wildman–Crippen LogP) is 2.62. The highest BCUT2D eigenvalue weighted by molar-refractivity contribution is 5.72. The van der Waals surface area contributed by atoms with Crippen LogP contribution in [0.25, 0.3) is 11.0 Å². The van der Waals surface area contributed by atoms with Gasteiger partial charge in [-0.25, -0.2) is 15.0 Å². The van der Waals surface area contributed by atoms with Gasteiger partial charge in [0.2, 0.25) is 5.95 Å². The summed E-state index contributed by atoms with van der Waals surface area (Å²) in [5.74, 6) is 1.55. The molecule has 0 radical (unpaired) electrons. The molecule has 1 unspecified atom stereocenters. The largest absolute Gasteiger partial charge is 0.339 e. The summed E-state index contributed by atoms with van der Waals surface area (Å²) >= 11 is 0. The molecule has 4 heterocycles. The van der Waals surface area contributed by atoms with E-state index in [9.17, 15) is 4.79 Å². The van der Waals surface area contributed by atoms with Gasteiger partial charge in [-0.1, -0.05) is 37.3 Å². The molecule has 9 nitrogen and oxygen atoms in total. The Kier molecular flexibility index (Phi) is 6.12. The molecule has 0 aliphatic carbocycles. The molecule has 0 bridgehead atoms. The lowest BCUT2D eigenvalue weighted by molar-refractivity contribution is 0.192. The van der Waals surface area contributed by atoms with Gasteiger partial charge < -0.3 is 4.90 Å². The van der Waals surface area contributed by atoms with Crippen LogP contribution < -0.4 is 10.5 Å². The molecule has 1 fully saturated rings. The average molecular weight is 445 g/mol. The zero-order valence-corrected chi connectivity index (χ0v) is 18.8. The Hall–Kier alpha value is -3.59. The number of anilines is 1. The van der Waals surface area contributed by atoms with E-state index in [1.807, 2.05) is 41.0 Å². The van der Waals surface area contributed by atoms with Gasteiger partial charge in [0.1, 0.15) is 11.2 Å². The normalized spacial score (nSPS) is 16.1. The van der Waals surface area contributed by atoms with Gasteiger partial charge in [-0.15, -0.1) is 0 Å². The van der Waals surface area contributed by atoms with Crippen molar-refractivity contribution in [3.63, 3.8) is 0 Å². The third-order valence-corrected chi connectivity index (χ3v) is 6.27. The van der Waals surface area contributed by atoms with Crippen LogP contribution in [0.3, 0.4) is 0 Å². The van der Waals surface area contributed by atoms with Crippen LogP contribution in [-0.2, 0) is 6.54 Å². The Bertz CT molecular complexity index is 1250. The van der Waals surface area contributed by atoms with Crippen LogP contribution in [0.5, 0.6) is 0 Å². The fourth-order valence-corrected chi connectivity index (χ4v) is 4.63. The Morgan fingerprint density at radius 1 is 1.03 bits per heavy atom. The standard InChI is InChI=1S/C24H28N8O/c1-2-20(30-12-7-13-31(15-14-30)24-25-10-6-11-26-24)22-28-21-19(16-27-29-21)23(33)32(22)17-18-8-4-3-5-9-18/h3-6,8-11,16,20H,2,7,12-15,17H2,1H3,(H,27,29). The van der Waals surface area contributed by atoms with Crippen LogP contribution >= 0.6 is 0 Å². The van der Waals surface area contributed by atoms with Crippen molar-refractivity contribution in [1.82, 2.24) is 34.6 Å². The van der Waals surface area contributed by atoms with Gasteiger partial charge in [0.15, 0.2) is 5.65 Å². The maximum absolute atomic E-state index is 13.4. The molecule has 1 aromatic carbocycles. The maximum Gasteiger partial charge on any atom is 0.265 e. The molecule has 0 saturated carbocycles. The Balaban J connectivity index is 1.48. The van der Waals surface area contributed by atoms with E-state index in [-0.39, 0.29) is 11.6 Å². The van der Waals surface area contributed by atoms with Gasteiger partial charge >= 0.3 is 0 Å². The van der Waals surface area contributed by atoms with Crippen LogP contribution in [0.2, 0.25) is 0 Å². The monoisotopic (exact) mass is 444 g/mol. The molecular weight excluding hydrogens is 416 g/mol. The summed E-state index contributed by atoms with van der Waals surface area (Å²) in [5.41, 5.74) is 1.57. The van der Waals surface area contributed by atoms with Crippen molar-refractivity contribution in [3.05, 3.63) is 76.7 Å². The van der Waals surface area contributed by atoms with E-state index in [0.29, 0.717) is 17.6 Å². The minimum Gasteiger partial charge on any atom is -0.339 e. The highest BCUT2D eigenvalue weighted by atomic mass is 16.1. The molecule has 0 spiro atoms. The van der Waals surface area contributed by atoms with Crippen LogP contribution in [0.4, 0.5) is 5.95 Å². The summed E-state index contributed by atoms with van der Waals surface area (Å²) in [6, 6.07) is 11.9. The van der Waals surface area contributed by atoms with Crippen LogP contribution in [0, 0.1) is 0 Å². The molecule has 33 heavy (non-hydrogen) atoms. The van der Waals surface area contributed by atoms with Gasteiger partial charge in [0.25, 0.3) is 5.56 Å². The highest BCUT2D eigenvalue weighted by Gasteiger charge is 2.27. The minimum absolute atomic E-state index is 0.0192. The molecule has 170 valence electrons. The molecule has 1 aliphatic rings. The molecule has 1 saturated heterocycles. The number of hydrogen-bond acceptors (Lipinski definition) is 7. The topological polar surface area (TPSA) is 95.8 Å². The lowest BCUT2D eigenvalue weighted by atomic mass is 10.1. The van der Waals surface area contributed by atoms with Gasteiger partial charge in [0.05, 0.1) is 18.8 Å². The average Bonchev–Trinajstić information content (AvgIpc) is 3.20. The van der Waals surface area contributed by atoms with Crippen molar-refractivity contribution in [1.29, 1.82) is 0 Å². The van der Waals surface area contributed by atoms with Crippen molar-refractivity contribution in [2.24, 2.45) is 0 Å². The first-order chi connectivity index (χ1) is 16.2. The highest BCUT2D eigenvalue weighted by Crippen LogP contribution is 2.25. The molecule has 1 aliphatic heterocycles. The second-order valence-electron chi connectivity index (χ2n) is 8.33. The van der Waals surface area contributed by atoms with E-state index in [2.05, 4.69) is 36.9 Å².